The van der Waals surface area contributed by atoms with Crippen molar-refractivity contribution >= 4 is 11.7 Å². The second-order valence-corrected chi connectivity index (χ2v) is 8.64. The summed E-state index contributed by atoms with van der Waals surface area (Å²) >= 11 is 0. The van der Waals surface area contributed by atoms with Crippen molar-refractivity contribution in [1.29, 1.82) is 0 Å². The first kappa shape index (κ1) is 20.0. The van der Waals surface area contributed by atoms with E-state index < -0.39 is 17.6 Å². The predicted octanol–water partition coefficient (Wildman–Crippen LogP) is 5.60. The highest BCUT2D eigenvalue weighted by Gasteiger charge is 2.57. The molecule has 0 amide bonds. The Balaban J connectivity index is 1.87. The van der Waals surface area contributed by atoms with Crippen molar-refractivity contribution in [1.82, 2.24) is 0 Å². The first-order chi connectivity index (χ1) is 14.4. The van der Waals surface area contributed by atoms with E-state index in [1.54, 1.807) is 0 Å². The second-order valence-electron chi connectivity index (χ2n) is 8.64. The van der Waals surface area contributed by atoms with Gasteiger partial charge < -0.3 is 14.8 Å². The molecule has 4 heteroatoms. The number of methoxy groups -OCH3 is 1. The van der Waals surface area contributed by atoms with Gasteiger partial charge in [-0.25, -0.2) is 4.79 Å². The number of ether oxygens (including phenoxy) is 2. The Morgan fingerprint density at radius 1 is 0.933 bits per heavy atom. The van der Waals surface area contributed by atoms with Gasteiger partial charge in [0.15, 0.2) is 0 Å². The lowest BCUT2D eigenvalue weighted by Gasteiger charge is -2.33. The highest BCUT2D eigenvalue weighted by Crippen LogP contribution is 2.51. The molecule has 0 saturated carbocycles. The molecule has 1 heterocycles. The lowest BCUT2D eigenvalue weighted by molar-refractivity contribution is -0.160. The largest absolute Gasteiger partial charge is 0.468 e. The van der Waals surface area contributed by atoms with Gasteiger partial charge in [0.25, 0.3) is 5.60 Å². The van der Waals surface area contributed by atoms with Crippen LogP contribution in [0.3, 0.4) is 0 Å². The number of hydrogen-bond acceptors (Lipinski definition) is 4. The van der Waals surface area contributed by atoms with E-state index >= 15 is 0 Å². The van der Waals surface area contributed by atoms with E-state index in [0.29, 0.717) is 5.75 Å². The van der Waals surface area contributed by atoms with Gasteiger partial charge in [0.1, 0.15) is 11.8 Å². The van der Waals surface area contributed by atoms with Crippen LogP contribution in [0.2, 0.25) is 0 Å². The summed E-state index contributed by atoms with van der Waals surface area (Å²) < 4.78 is 11.7. The molecule has 30 heavy (non-hydrogen) atoms. The van der Waals surface area contributed by atoms with E-state index in [4.69, 9.17) is 9.47 Å². The topological polar surface area (TPSA) is 47.6 Å². The van der Waals surface area contributed by atoms with Crippen molar-refractivity contribution in [3.05, 3.63) is 95.6 Å². The van der Waals surface area contributed by atoms with Crippen LogP contribution in [0, 0.1) is 0 Å². The zero-order valence-electron chi connectivity index (χ0n) is 17.8. The van der Waals surface area contributed by atoms with E-state index in [2.05, 4.69) is 38.2 Å². The third-order valence-electron chi connectivity index (χ3n) is 5.66. The maximum absolute atomic E-state index is 13.3. The zero-order chi connectivity index (χ0) is 21.4. The highest BCUT2D eigenvalue weighted by atomic mass is 16.6. The Bertz CT molecular complexity index is 1040. The third-order valence-corrected chi connectivity index (χ3v) is 5.66. The van der Waals surface area contributed by atoms with Crippen molar-refractivity contribution in [2.45, 2.75) is 37.8 Å². The van der Waals surface area contributed by atoms with Gasteiger partial charge in [-0.3, -0.25) is 0 Å². The van der Waals surface area contributed by atoms with Gasteiger partial charge in [-0.15, -0.1) is 0 Å². The van der Waals surface area contributed by atoms with E-state index in [1.165, 1.54) is 12.7 Å². The van der Waals surface area contributed by atoms with Gasteiger partial charge in [0.05, 0.1) is 7.11 Å². The standard InChI is InChI=1S/C26H27NO3/c1-25(2,3)18-14-16-19(17-15-18)26(24(28)29-4)23(27-20-10-6-5-7-11-20)21-12-8-9-13-22(21)30-26/h5-17,23,27H,1-4H3/t23-,26+/m1/s1. The number of benzene rings is 3. The molecule has 0 aromatic heterocycles. The van der Waals surface area contributed by atoms with Gasteiger partial charge in [-0.2, -0.15) is 0 Å². The van der Waals surface area contributed by atoms with E-state index in [-0.39, 0.29) is 5.41 Å². The molecule has 2 atom stereocenters. The van der Waals surface area contributed by atoms with E-state index in [0.717, 1.165) is 16.8 Å². The van der Waals surface area contributed by atoms with Crippen LogP contribution in [0.1, 0.15) is 43.5 Å². The van der Waals surface area contributed by atoms with Crippen molar-refractivity contribution < 1.29 is 14.3 Å². The number of nitrogens with one attached hydrogen (secondary N) is 1. The average Bonchev–Trinajstić information content (AvgIpc) is 3.08. The summed E-state index contributed by atoms with van der Waals surface area (Å²) in [4.78, 5) is 13.3. The molecule has 0 spiro atoms. The Morgan fingerprint density at radius 2 is 1.57 bits per heavy atom. The molecule has 0 bridgehead atoms. The first-order valence-corrected chi connectivity index (χ1v) is 10.2. The minimum absolute atomic E-state index is 0.0120. The van der Waals surface area contributed by atoms with Crippen LogP contribution < -0.4 is 10.1 Å². The number of rotatable bonds is 4. The van der Waals surface area contributed by atoms with Crippen LogP contribution in [0.5, 0.6) is 5.75 Å². The van der Waals surface area contributed by atoms with Crippen LogP contribution in [-0.4, -0.2) is 13.1 Å². The van der Waals surface area contributed by atoms with Gasteiger partial charge in [-0.1, -0.05) is 81.4 Å². The predicted molar refractivity (Wildman–Crippen MR) is 119 cm³/mol. The summed E-state index contributed by atoms with van der Waals surface area (Å²) in [6, 6.07) is 25.2. The van der Waals surface area contributed by atoms with Crippen molar-refractivity contribution in [3.63, 3.8) is 0 Å². The number of para-hydroxylation sites is 2. The maximum Gasteiger partial charge on any atom is 0.357 e. The zero-order valence-corrected chi connectivity index (χ0v) is 17.8. The Morgan fingerprint density at radius 3 is 2.20 bits per heavy atom. The number of carbonyl (C=O) groups is 1. The SMILES string of the molecule is COC(=O)[C@@]1(c2ccc(C(C)(C)C)cc2)Oc2ccccc2[C@H]1Nc1ccccc1. The molecule has 4 nitrogen and oxygen atoms in total. The Kier molecular flexibility index (Phi) is 5.02. The van der Waals surface area contributed by atoms with Crippen LogP contribution >= 0.6 is 0 Å². The smallest absolute Gasteiger partial charge is 0.357 e. The number of carbonyl (C=O) groups excluding carboxylic acids is 1. The monoisotopic (exact) mass is 401 g/mol. The molecule has 3 aromatic carbocycles. The molecule has 4 rings (SSSR count). The van der Waals surface area contributed by atoms with Crippen LogP contribution in [-0.2, 0) is 20.5 Å². The van der Waals surface area contributed by atoms with E-state index in [9.17, 15) is 4.79 Å². The van der Waals surface area contributed by atoms with Crippen molar-refractivity contribution in [2.24, 2.45) is 0 Å². The Hall–Kier alpha value is -3.27. The third kappa shape index (κ3) is 3.32. The number of esters is 1. The van der Waals surface area contributed by atoms with Crippen molar-refractivity contribution in [3.8, 4) is 5.75 Å². The minimum atomic E-state index is -1.33. The molecule has 0 aliphatic carbocycles. The number of fused-ring (bicyclic) bond motifs is 1. The van der Waals surface area contributed by atoms with Gasteiger partial charge in [-0.05, 0) is 29.2 Å². The van der Waals surface area contributed by atoms with E-state index in [1.807, 2.05) is 66.7 Å². The molecule has 3 aromatic rings. The molecule has 1 aliphatic rings. The average molecular weight is 402 g/mol. The quantitative estimate of drug-likeness (QED) is 0.578. The second kappa shape index (κ2) is 7.52. The summed E-state index contributed by atoms with van der Waals surface area (Å²) in [5, 5.41) is 3.52. The fraction of sp³-hybridized carbons (Fsp3) is 0.269. The maximum atomic E-state index is 13.3. The lowest BCUT2D eigenvalue weighted by Crippen LogP contribution is -2.47. The van der Waals surface area contributed by atoms with Gasteiger partial charge in [0.2, 0.25) is 0 Å². The Labute approximate surface area is 177 Å². The fourth-order valence-corrected chi connectivity index (χ4v) is 4.02. The normalized spacial score (nSPS) is 20.2. The molecule has 1 N–H and O–H groups in total. The summed E-state index contributed by atoms with van der Waals surface area (Å²) in [6.07, 6.45) is 0. The molecule has 1 aliphatic heterocycles. The summed E-state index contributed by atoms with van der Waals surface area (Å²) in [7, 11) is 1.40. The lowest BCUT2D eigenvalue weighted by atomic mass is 9.81. The highest BCUT2D eigenvalue weighted by molar-refractivity contribution is 5.86. The minimum Gasteiger partial charge on any atom is -0.468 e. The van der Waals surface area contributed by atoms with Crippen LogP contribution in [0.25, 0.3) is 0 Å². The molecule has 0 unspecified atom stereocenters. The molecule has 154 valence electrons. The number of hydrogen-bond donors (Lipinski definition) is 1. The molecule has 0 radical (unpaired) electrons. The fourth-order valence-electron chi connectivity index (χ4n) is 4.02. The summed E-state index contributed by atoms with van der Waals surface area (Å²) in [5.41, 5.74) is 2.46. The summed E-state index contributed by atoms with van der Waals surface area (Å²) in [6.45, 7) is 6.50. The van der Waals surface area contributed by atoms with Gasteiger partial charge >= 0.3 is 5.97 Å². The van der Waals surface area contributed by atoms with Crippen LogP contribution in [0.15, 0.2) is 78.9 Å². The molecule has 0 saturated heterocycles. The molecular formula is C26H27NO3. The summed E-state index contributed by atoms with van der Waals surface area (Å²) in [5.74, 6) is 0.242. The van der Waals surface area contributed by atoms with Gasteiger partial charge in [0, 0.05) is 16.8 Å². The first-order valence-electron chi connectivity index (χ1n) is 10.2. The van der Waals surface area contributed by atoms with Crippen LogP contribution in [0.4, 0.5) is 5.69 Å². The molecule has 0 fully saturated rings. The van der Waals surface area contributed by atoms with Crippen molar-refractivity contribution in [2.75, 3.05) is 12.4 Å². The molecular weight excluding hydrogens is 374 g/mol. The number of anilines is 1.